The zero-order chi connectivity index (χ0) is 11.5. The predicted octanol–water partition coefficient (Wildman–Crippen LogP) is 1.25. The van der Waals surface area contributed by atoms with Crippen molar-refractivity contribution >= 4 is 36.4 Å². The second-order valence-electron chi connectivity index (χ2n) is 3.72. The molecule has 0 aliphatic heterocycles. The van der Waals surface area contributed by atoms with Gasteiger partial charge in [0.05, 0.1) is 5.56 Å². The summed E-state index contributed by atoms with van der Waals surface area (Å²) >= 11 is 0. The van der Waals surface area contributed by atoms with E-state index in [2.05, 4.69) is 10.3 Å². The van der Waals surface area contributed by atoms with E-state index in [0.717, 1.165) is 5.65 Å². The molecular formula is C11H16Cl2N4O. The summed E-state index contributed by atoms with van der Waals surface area (Å²) in [7, 11) is 0. The standard InChI is InChI=1S/C11H14N4O.2ClH/c1-8(6-12)14-11(16)9-2-3-10-13-4-5-15(10)7-9;;/h2-5,7-8H,6,12H2,1H3,(H,14,16);2*1H/t8-;;/m0../s1. The fourth-order valence-electron chi connectivity index (χ4n) is 1.42. The molecule has 0 fully saturated rings. The molecule has 18 heavy (non-hydrogen) atoms. The van der Waals surface area contributed by atoms with Gasteiger partial charge in [-0.1, -0.05) is 0 Å². The van der Waals surface area contributed by atoms with Crippen LogP contribution in [0.5, 0.6) is 0 Å². The number of nitrogens with one attached hydrogen (secondary N) is 1. The maximum absolute atomic E-state index is 11.8. The fraction of sp³-hybridized carbons (Fsp3) is 0.273. The van der Waals surface area contributed by atoms with Crippen LogP contribution in [0.2, 0.25) is 0 Å². The van der Waals surface area contributed by atoms with Crippen molar-refractivity contribution in [3.63, 3.8) is 0 Å². The van der Waals surface area contributed by atoms with Gasteiger partial charge in [0, 0.05) is 31.2 Å². The van der Waals surface area contributed by atoms with Crippen LogP contribution in [0.25, 0.3) is 5.65 Å². The van der Waals surface area contributed by atoms with Crippen molar-refractivity contribution in [2.75, 3.05) is 6.54 Å². The molecule has 0 aliphatic rings. The summed E-state index contributed by atoms with van der Waals surface area (Å²) in [6, 6.07) is 3.54. The molecule has 2 aromatic rings. The van der Waals surface area contributed by atoms with Crippen LogP contribution in [0.3, 0.4) is 0 Å². The first kappa shape index (κ1) is 16.7. The molecule has 100 valence electrons. The van der Waals surface area contributed by atoms with Crippen molar-refractivity contribution in [1.29, 1.82) is 0 Å². The van der Waals surface area contributed by atoms with E-state index in [4.69, 9.17) is 5.73 Å². The molecule has 3 N–H and O–H groups in total. The molecule has 0 unspecified atom stereocenters. The number of imidazole rings is 1. The summed E-state index contributed by atoms with van der Waals surface area (Å²) in [6.45, 7) is 2.30. The molecule has 1 atom stereocenters. The second-order valence-corrected chi connectivity index (χ2v) is 3.72. The Bertz CT molecular complexity index is 514. The zero-order valence-corrected chi connectivity index (χ0v) is 11.5. The first-order valence-corrected chi connectivity index (χ1v) is 5.14. The van der Waals surface area contributed by atoms with Gasteiger partial charge in [0.1, 0.15) is 5.65 Å². The quantitative estimate of drug-likeness (QED) is 0.894. The number of carbonyl (C=O) groups is 1. The Morgan fingerprint density at radius 3 is 2.89 bits per heavy atom. The minimum atomic E-state index is -0.117. The number of amides is 1. The van der Waals surface area contributed by atoms with Gasteiger partial charge in [0.2, 0.25) is 0 Å². The second kappa shape index (κ2) is 7.20. The third kappa shape index (κ3) is 3.60. The highest BCUT2D eigenvalue weighted by molar-refractivity contribution is 5.94. The molecule has 0 saturated carbocycles. The molecule has 0 aliphatic carbocycles. The molecule has 0 saturated heterocycles. The Labute approximate surface area is 118 Å². The van der Waals surface area contributed by atoms with E-state index in [1.165, 1.54) is 0 Å². The Kier molecular flexibility index (Phi) is 6.68. The monoisotopic (exact) mass is 290 g/mol. The van der Waals surface area contributed by atoms with Crippen molar-refractivity contribution in [2.45, 2.75) is 13.0 Å². The van der Waals surface area contributed by atoms with Gasteiger partial charge < -0.3 is 15.5 Å². The molecule has 0 spiro atoms. The van der Waals surface area contributed by atoms with Gasteiger partial charge in [-0.2, -0.15) is 0 Å². The van der Waals surface area contributed by atoms with E-state index in [1.54, 1.807) is 24.7 Å². The number of pyridine rings is 1. The molecule has 2 heterocycles. The third-order valence-corrected chi connectivity index (χ3v) is 2.38. The lowest BCUT2D eigenvalue weighted by Crippen LogP contribution is -2.37. The summed E-state index contributed by atoms with van der Waals surface area (Å²) in [5, 5.41) is 2.81. The van der Waals surface area contributed by atoms with Crippen LogP contribution in [0.15, 0.2) is 30.7 Å². The normalized spacial score (nSPS) is 11.2. The highest BCUT2D eigenvalue weighted by Gasteiger charge is 2.09. The highest BCUT2D eigenvalue weighted by atomic mass is 35.5. The fourth-order valence-corrected chi connectivity index (χ4v) is 1.42. The first-order valence-electron chi connectivity index (χ1n) is 5.14. The highest BCUT2D eigenvalue weighted by Crippen LogP contribution is 2.04. The Balaban J connectivity index is 0.00000144. The topological polar surface area (TPSA) is 72.4 Å². The van der Waals surface area contributed by atoms with E-state index >= 15 is 0 Å². The van der Waals surface area contributed by atoms with Crippen LogP contribution in [0.4, 0.5) is 0 Å². The van der Waals surface area contributed by atoms with Crippen molar-refractivity contribution in [1.82, 2.24) is 14.7 Å². The number of halogens is 2. The smallest absolute Gasteiger partial charge is 0.253 e. The SMILES string of the molecule is C[C@@H](CN)NC(=O)c1ccc2nccn2c1.Cl.Cl. The van der Waals surface area contributed by atoms with Gasteiger partial charge in [-0.3, -0.25) is 4.79 Å². The van der Waals surface area contributed by atoms with Crippen LogP contribution in [-0.4, -0.2) is 27.9 Å². The molecule has 5 nitrogen and oxygen atoms in total. The number of aromatic nitrogens is 2. The Morgan fingerprint density at radius 1 is 1.50 bits per heavy atom. The largest absolute Gasteiger partial charge is 0.348 e. The van der Waals surface area contributed by atoms with E-state index in [0.29, 0.717) is 12.1 Å². The van der Waals surface area contributed by atoms with E-state index in [-0.39, 0.29) is 36.8 Å². The summed E-state index contributed by atoms with van der Waals surface area (Å²) in [5.74, 6) is -0.117. The number of nitrogens with two attached hydrogens (primary N) is 1. The van der Waals surface area contributed by atoms with Crippen LogP contribution in [0, 0.1) is 0 Å². The summed E-state index contributed by atoms with van der Waals surface area (Å²) in [6.07, 6.45) is 5.25. The molecule has 0 radical (unpaired) electrons. The molecule has 1 amide bonds. The van der Waals surface area contributed by atoms with E-state index in [9.17, 15) is 4.79 Å². The average molecular weight is 291 g/mol. The number of hydrogen-bond acceptors (Lipinski definition) is 3. The van der Waals surface area contributed by atoms with Gasteiger partial charge >= 0.3 is 0 Å². The summed E-state index contributed by atoms with van der Waals surface area (Å²) in [5.41, 5.74) is 6.87. The number of rotatable bonds is 3. The van der Waals surface area contributed by atoms with Gasteiger partial charge in [-0.25, -0.2) is 4.98 Å². The number of nitrogens with zero attached hydrogens (tertiary/aromatic N) is 2. The van der Waals surface area contributed by atoms with Gasteiger partial charge in [0.15, 0.2) is 0 Å². The van der Waals surface area contributed by atoms with Gasteiger partial charge in [0.25, 0.3) is 5.91 Å². The number of hydrogen-bond donors (Lipinski definition) is 2. The lowest BCUT2D eigenvalue weighted by atomic mass is 10.2. The van der Waals surface area contributed by atoms with Crippen LogP contribution in [-0.2, 0) is 0 Å². The molecule has 2 aromatic heterocycles. The van der Waals surface area contributed by atoms with Crippen molar-refractivity contribution in [3.05, 3.63) is 36.3 Å². The zero-order valence-electron chi connectivity index (χ0n) is 9.87. The maximum Gasteiger partial charge on any atom is 0.253 e. The van der Waals surface area contributed by atoms with Crippen LogP contribution >= 0.6 is 24.8 Å². The summed E-state index contributed by atoms with van der Waals surface area (Å²) < 4.78 is 1.81. The summed E-state index contributed by atoms with van der Waals surface area (Å²) in [4.78, 5) is 15.9. The van der Waals surface area contributed by atoms with Gasteiger partial charge in [-0.05, 0) is 19.1 Å². The molecular weight excluding hydrogens is 275 g/mol. The molecule has 2 rings (SSSR count). The Morgan fingerprint density at radius 2 is 2.22 bits per heavy atom. The lowest BCUT2D eigenvalue weighted by Gasteiger charge is -2.11. The minimum Gasteiger partial charge on any atom is -0.348 e. The molecule has 7 heteroatoms. The van der Waals surface area contributed by atoms with Crippen molar-refractivity contribution in [2.24, 2.45) is 5.73 Å². The molecule has 0 aromatic carbocycles. The van der Waals surface area contributed by atoms with Crippen LogP contribution in [0.1, 0.15) is 17.3 Å². The van der Waals surface area contributed by atoms with E-state index < -0.39 is 0 Å². The van der Waals surface area contributed by atoms with Crippen molar-refractivity contribution < 1.29 is 4.79 Å². The maximum atomic E-state index is 11.8. The lowest BCUT2D eigenvalue weighted by molar-refractivity contribution is 0.0941. The molecule has 0 bridgehead atoms. The van der Waals surface area contributed by atoms with Gasteiger partial charge in [-0.15, -0.1) is 24.8 Å². The minimum absolute atomic E-state index is 0. The first-order chi connectivity index (χ1) is 7.70. The van der Waals surface area contributed by atoms with Crippen LogP contribution < -0.4 is 11.1 Å². The van der Waals surface area contributed by atoms with E-state index in [1.807, 2.05) is 17.4 Å². The third-order valence-electron chi connectivity index (χ3n) is 2.38. The average Bonchev–Trinajstić information content (AvgIpc) is 2.75. The predicted molar refractivity (Wildman–Crippen MR) is 75.7 cm³/mol. The number of carbonyl (C=O) groups excluding carboxylic acids is 1. The number of fused-ring (bicyclic) bond motifs is 1. The van der Waals surface area contributed by atoms with Crippen molar-refractivity contribution in [3.8, 4) is 0 Å². The Hall–Kier alpha value is -1.30.